The Morgan fingerprint density at radius 3 is 2.26 bits per heavy atom. The summed E-state index contributed by atoms with van der Waals surface area (Å²) in [6.45, 7) is 7.29. The van der Waals surface area contributed by atoms with Gasteiger partial charge in [-0.1, -0.05) is 52.4 Å². The van der Waals surface area contributed by atoms with Crippen LogP contribution >= 0.6 is 0 Å². The Bertz CT molecular complexity index is 233. The van der Waals surface area contributed by atoms with Gasteiger partial charge in [-0.3, -0.25) is 0 Å². The highest BCUT2D eigenvalue weighted by Crippen LogP contribution is 2.10. The van der Waals surface area contributed by atoms with E-state index in [9.17, 15) is 4.79 Å². The monoisotopic (exact) mass is 268 g/mol. The summed E-state index contributed by atoms with van der Waals surface area (Å²) in [7, 11) is 0. The van der Waals surface area contributed by atoms with E-state index in [0.29, 0.717) is 0 Å². The molecule has 0 radical (unpaired) electrons. The van der Waals surface area contributed by atoms with Crippen LogP contribution in [0.4, 0.5) is 4.79 Å². The van der Waals surface area contributed by atoms with E-state index in [-0.39, 0.29) is 6.03 Å². The third kappa shape index (κ3) is 8.12. The molecule has 0 atom stereocenters. The quantitative estimate of drug-likeness (QED) is 0.690. The van der Waals surface area contributed by atoms with E-state index in [1.165, 1.54) is 51.4 Å². The van der Waals surface area contributed by atoms with E-state index < -0.39 is 0 Å². The van der Waals surface area contributed by atoms with E-state index in [1.54, 1.807) is 0 Å². The number of rotatable bonds is 7. The molecule has 0 saturated carbocycles. The van der Waals surface area contributed by atoms with Gasteiger partial charge < -0.3 is 10.2 Å². The molecule has 0 bridgehead atoms. The van der Waals surface area contributed by atoms with Crippen molar-refractivity contribution in [3.8, 4) is 0 Å². The van der Waals surface area contributed by atoms with Gasteiger partial charge in [-0.15, -0.1) is 0 Å². The molecule has 3 heteroatoms. The maximum atomic E-state index is 11.9. The molecule has 1 rings (SSSR count). The van der Waals surface area contributed by atoms with Crippen molar-refractivity contribution in [2.45, 2.75) is 71.6 Å². The fourth-order valence-electron chi connectivity index (χ4n) is 2.61. The van der Waals surface area contributed by atoms with E-state index in [2.05, 4.69) is 19.2 Å². The Morgan fingerprint density at radius 1 is 1.00 bits per heavy atom. The fourth-order valence-corrected chi connectivity index (χ4v) is 2.61. The summed E-state index contributed by atoms with van der Waals surface area (Å²) in [5, 5.41) is 3.07. The second kappa shape index (κ2) is 10.1. The van der Waals surface area contributed by atoms with Crippen molar-refractivity contribution in [3.63, 3.8) is 0 Å². The van der Waals surface area contributed by atoms with Crippen molar-refractivity contribution in [1.29, 1.82) is 0 Å². The predicted molar refractivity (Wildman–Crippen MR) is 81.4 cm³/mol. The van der Waals surface area contributed by atoms with Gasteiger partial charge in [-0.2, -0.15) is 0 Å². The van der Waals surface area contributed by atoms with Crippen LogP contribution in [0.15, 0.2) is 0 Å². The standard InChI is InChI=1S/C16H32N2O/c1-15(2)11-7-3-4-8-12-17-16(19)18-13-9-5-6-10-14-18/h15H,3-14H2,1-2H3,(H,17,19). The molecule has 1 N–H and O–H groups in total. The van der Waals surface area contributed by atoms with Crippen molar-refractivity contribution in [2.24, 2.45) is 5.92 Å². The molecule has 1 heterocycles. The highest BCUT2D eigenvalue weighted by atomic mass is 16.2. The number of hydrogen-bond acceptors (Lipinski definition) is 1. The normalized spacial score (nSPS) is 16.5. The van der Waals surface area contributed by atoms with Gasteiger partial charge in [0.25, 0.3) is 0 Å². The van der Waals surface area contributed by atoms with E-state index in [4.69, 9.17) is 0 Å². The number of urea groups is 1. The number of unbranched alkanes of at least 4 members (excludes halogenated alkanes) is 3. The lowest BCUT2D eigenvalue weighted by Crippen LogP contribution is -2.40. The zero-order valence-corrected chi connectivity index (χ0v) is 12.9. The van der Waals surface area contributed by atoms with Gasteiger partial charge in [0.2, 0.25) is 0 Å². The number of likely N-dealkylation sites (tertiary alicyclic amines) is 1. The predicted octanol–water partition coefficient (Wildman–Crippen LogP) is 4.18. The summed E-state index contributed by atoms with van der Waals surface area (Å²) in [5.74, 6) is 0.822. The summed E-state index contributed by atoms with van der Waals surface area (Å²) in [5.41, 5.74) is 0. The lowest BCUT2D eigenvalue weighted by Gasteiger charge is -2.20. The minimum absolute atomic E-state index is 0.157. The first-order valence-electron chi connectivity index (χ1n) is 8.23. The molecule has 1 fully saturated rings. The van der Waals surface area contributed by atoms with Gasteiger partial charge in [-0.05, 0) is 25.2 Å². The highest BCUT2D eigenvalue weighted by molar-refractivity contribution is 5.74. The average molecular weight is 268 g/mol. The molecule has 2 amide bonds. The molecule has 3 nitrogen and oxygen atoms in total. The Labute approximate surface area is 119 Å². The third-order valence-corrected chi connectivity index (χ3v) is 3.88. The van der Waals surface area contributed by atoms with Crippen LogP contribution in [-0.4, -0.2) is 30.6 Å². The molecule has 112 valence electrons. The van der Waals surface area contributed by atoms with Gasteiger partial charge in [0, 0.05) is 19.6 Å². The van der Waals surface area contributed by atoms with Crippen LogP contribution in [0.2, 0.25) is 0 Å². The van der Waals surface area contributed by atoms with Crippen LogP contribution in [0, 0.1) is 5.92 Å². The summed E-state index contributed by atoms with van der Waals surface area (Å²) < 4.78 is 0. The maximum Gasteiger partial charge on any atom is 0.317 e. The molecule has 0 aliphatic carbocycles. The van der Waals surface area contributed by atoms with Crippen molar-refractivity contribution < 1.29 is 4.79 Å². The Hall–Kier alpha value is -0.730. The number of nitrogens with one attached hydrogen (secondary N) is 1. The largest absolute Gasteiger partial charge is 0.338 e. The van der Waals surface area contributed by atoms with E-state index >= 15 is 0 Å². The minimum atomic E-state index is 0.157. The molecule has 0 spiro atoms. The van der Waals surface area contributed by atoms with Crippen molar-refractivity contribution >= 4 is 6.03 Å². The van der Waals surface area contributed by atoms with Crippen LogP contribution in [0.3, 0.4) is 0 Å². The van der Waals surface area contributed by atoms with E-state index in [0.717, 1.165) is 32.0 Å². The Kier molecular flexibility index (Phi) is 8.68. The van der Waals surface area contributed by atoms with Gasteiger partial charge in [0.15, 0.2) is 0 Å². The SMILES string of the molecule is CC(C)CCCCCCNC(=O)N1CCCCCC1. The van der Waals surface area contributed by atoms with Crippen LogP contribution in [0.5, 0.6) is 0 Å². The van der Waals surface area contributed by atoms with Crippen molar-refractivity contribution in [3.05, 3.63) is 0 Å². The number of carbonyl (C=O) groups excluding carboxylic acids is 1. The van der Waals surface area contributed by atoms with Gasteiger partial charge in [-0.25, -0.2) is 4.79 Å². The summed E-state index contributed by atoms with van der Waals surface area (Å²) in [4.78, 5) is 13.9. The first-order valence-corrected chi connectivity index (χ1v) is 8.23. The topological polar surface area (TPSA) is 32.3 Å². The van der Waals surface area contributed by atoms with Crippen molar-refractivity contribution in [1.82, 2.24) is 10.2 Å². The first kappa shape index (κ1) is 16.3. The lowest BCUT2D eigenvalue weighted by atomic mass is 10.0. The number of carbonyl (C=O) groups is 1. The smallest absolute Gasteiger partial charge is 0.317 e. The summed E-state index contributed by atoms with van der Waals surface area (Å²) in [6.07, 6.45) is 11.2. The maximum absolute atomic E-state index is 11.9. The fraction of sp³-hybridized carbons (Fsp3) is 0.938. The van der Waals surface area contributed by atoms with E-state index in [1.807, 2.05) is 4.90 Å². The lowest BCUT2D eigenvalue weighted by molar-refractivity contribution is 0.199. The molecule has 0 aromatic carbocycles. The van der Waals surface area contributed by atoms with Crippen LogP contribution in [-0.2, 0) is 0 Å². The third-order valence-electron chi connectivity index (χ3n) is 3.88. The molecular formula is C16H32N2O. The average Bonchev–Trinajstić information content (AvgIpc) is 2.66. The Morgan fingerprint density at radius 2 is 1.63 bits per heavy atom. The highest BCUT2D eigenvalue weighted by Gasteiger charge is 2.14. The molecule has 0 unspecified atom stereocenters. The first-order chi connectivity index (χ1) is 9.20. The summed E-state index contributed by atoms with van der Waals surface area (Å²) in [6, 6.07) is 0.157. The van der Waals surface area contributed by atoms with Crippen LogP contribution < -0.4 is 5.32 Å². The zero-order chi connectivity index (χ0) is 13.9. The number of amides is 2. The second-order valence-electron chi connectivity index (χ2n) is 6.23. The van der Waals surface area contributed by atoms with Gasteiger partial charge in [0.05, 0.1) is 0 Å². The Balaban J connectivity index is 1.97. The molecular weight excluding hydrogens is 236 g/mol. The van der Waals surface area contributed by atoms with Crippen LogP contribution in [0.1, 0.15) is 71.6 Å². The molecule has 0 aromatic rings. The van der Waals surface area contributed by atoms with Crippen LogP contribution in [0.25, 0.3) is 0 Å². The second-order valence-corrected chi connectivity index (χ2v) is 6.23. The molecule has 1 aliphatic rings. The minimum Gasteiger partial charge on any atom is -0.338 e. The van der Waals surface area contributed by atoms with Crippen molar-refractivity contribution in [2.75, 3.05) is 19.6 Å². The zero-order valence-electron chi connectivity index (χ0n) is 12.9. The summed E-state index contributed by atoms with van der Waals surface area (Å²) >= 11 is 0. The number of nitrogens with zero attached hydrogens (tertiary/aromatic N) is 1. The molecule has 19 heavy (non-hydrogen) atoms. The molecule has 1 saturated heterocycles. The molecule has 0 aromatic heterocycles. The number of hydrogen-bond donors (Lipinski definition) is 1. The van der Waals surface area contributed by atoms with Gasteiger partial charge >= 0.3 is 6.03 Å². The van der Waals surface area contributed by atoms with Gasteiger partial charge in [0.1, 0.15) is 0 Å². The molecule has 1 aliphatic heterocycles.